The number of hydrogen-bond donors (Lipinski definition) is 0. The Hall–Kier alpha value is -2.76. The van der Waals surface area contributed by atoms with Crippen LogP contribution in [0.1, 0.15) is 53.8 Å². The van der Waals surface area contributed by atoms with E-state index in [1.165, 1.54) is 19.3 Å². The first-order valence-corrected chi connectivity index (χ1v) is 9.62. The largest absolute Gasteiger partial charge is 0.268 e. The molecule has 0 spiro atoms. The van der Waals surface area contributed by atoms with Gasteiger partial charge in [0.1, 0.15) is 5.49 Å². The first kappa shape index (κ1) is 17.6. The van der Waals surface area contributed by atoms with Crippen molar-refractivity contribution in [1.29, 1.82) is 0 Å². The van der Waals surface area contributed by atoms with Gasteiger partial charge in [-0.1, -0.05) is 25.3 Å². The third-order valence-electron chi connectivity index (χ3n) is 5.27. The zero-order valence-electron chi connectivity index (χ0n) is 16.1. The van der Waals surface area contributed by atoms with Crippen LogP contribution in [0, 0.1) is 13.8 Å². The molecule has 0 bridgehead atoms. The Morgan fingerprint density at radius 3 is 2.74 bits per heavy atom. The normalized spacial score (nSPS) is 16.2. The zero-order valence-corrected chi connectivity index (χ0v) is 16.1. The lowest BCUT2D eigenvalue weighted by atomic mass is 9.96. The van der Waals surface area contributed by atoms with Gasteiger partial charge < -0.3 is 0 Å². The van der Waals surface area contributed by atoms with Crippen molar-refractivity contribution in [1.82, 2.24) is 19.3 Å². The summed E-state index contributed by atoms with van der Waals surface area (Å²) in [5, 5.41) is 5.27. The summed E-state index contributed by atoms with van der Waals surface area (Å²) in [7, 11) is 1.86. The van der Waals surface area contributed by atoms with Gasteiger partial charge in [0.25, 0.3) is 5.91 Å². The first-order chi connectivity index (χ1) is 13.0. The Morgan fingerprint density at radius 2 is 1.96 bits per heavy atom. The summed E-state index contributed by atoms with van der Waals surface area (Å²) < 4.78 is 3.40. The lowest BCUT2D eigenvalue weighted by Gasteiger charge is -2.18. The van der Waals surface area contributed by atoms with Gasteiger partial charge in [-0.3, -0.25) is 19.0 Å². The Morgan fingerprint density at radius 1 is 1.19 bits per heavy atom. The average Bonchev–Trinajstić information content (AvgIpc) is 2.95. The molecule has 0 radical (unpaired) electrons. The maximum Gasteiger partial charge on any atom is 0.264 e. The van der Waals surface area contributed by atoms with E-state index in [2.05, 4.69) is 10.1 Å². The second-order valence-electron chi connectivity index (χ2n) is 7.37. The van der Waals surface area contributed by atoms with Gasteiger partial charge in [0.15, 0.2) is 5.65 Å². The fraction of sp³-hybridized carbons (Fsp3) is 0.429. The highest BCUT2D eigenvalue weighted by Crippen LogP contribution is 2.22. The molecule has 3 aromatic rings. The van der Waals surface area contributed by atoms with Gasteiger partial charge in [-0.05, 0) is 44.9 Å². The van der Waals surface area contributed by atoms with E-state index in [1.54, 1.807) is 15.4 Å². The van der Waals surface area contributed by atoms with E-state index in [9.17, 15) is 4.79 Å². The molecule has 6 nitrogen and oxygen atoms in total. The molecule has 0 aromatic carbocycles. The van der Waals surface area contributed by atoms with E-state index < -0.39 is 0 Å². The van der Waals surface area contributed by atoms with Crippen molar-refractivity contribution in [2.75, 3.05) is 0 Å². The van der Waals surface area contributed by atoms with Crippen LogP contribution in [0.25, 0.3) is 11.0 Å². The predicted molar refractivity (Wildman–Crippen MR) is 105 cm³/mol. The number of aromatic nitrogens is 4. The van der Waals surface area contributed by atoms with E-state index in [1.807, 2.05) is 45.2 Å². The average molecular weight is 363 g/mol. The topological polar surface area (TPSA) is 65.1 Å². The molecular weight excluding hydrogens is 338 g/mol. The predicted octanol–water partition coefficient (Wildman–Crippen LogP) is 3.31. The molecule has 27 heavy (non-hydrogen) atoms. The highest BCUT2D eigenvalue weighted by molar-refractivity contribution is 6.07. The molecule has 6 heteroatoms. The summed E-state index contributed by atoms with van der Waals surface area (Å²) in [6.45, 7) is 3.82. The smallest absolute Gasteiger partial charge is 0.264 e. The van der Waals surface area contributed by atoms with Gasteiger partial charge in [0.2, 0.25) is 0 Å². The van der Waals surface area contributed by atoms with Crippen molar-refractivity contribution in [2.24, 2.45) is 12.0 Å². The maximum absolute atomic E-state index is 13.5. The molecule has 1 aliphatic carbocycles. The van der Waals surface area contributed by atoms with E-state index >= 15 is 0 Å². The third-order valence-corrected chi connectivity index (χ3v) is 5.27. The van der Waals surface area contributed by atoms with Crippen LogP contribution in [0.3, 0.4) is 0 Å². The Balaban J connectivity index is 1.85. The van der Waals surface area contributed by atoms with Gasteiger partial charge in [0, 0.05) is 18.9 Å². The zero-order chi connectivity index (χ0) is 19.0. The maximum atomic E-state index is 13.5. The number of rotatable bonds is 2. The molecule has 140 valence electrons. The summed E-state index contributed by atoms with van der Waals surface area (Å²) in [4.78, 5) is 22.9. The van der Waals surface area contributed by atoms with Crippen LogP contribution in [-0.2, 0) is 7.05 Å². The monoisotopic (exact) mass is 363 g/mol. The van der Waals surface area contributed by atoms with Crippen molar-refractivity contribution < 1.29 is 4.79 Å². The van der Waals surface area contributed by atoms with Crippen molar-refractivity contribution in [3.8, 4) is 0 Å². The summed E-state index contributed by atoms with van der Waals surface area (Å²) in [6.07, 6.45) is 7.72. The summed E-state index contributed by atoms with van der Waals surface area (Å²) in [5.74, 6) is -0.0863. The molecule has 3 aromatic heterocycles. The molecule has 0 aliphatic heterocycles. The first-order valence-electron chi connectivity index (χ1n) is 9.62. The van der Waals surface area contributed by atoms with Gasteiger partial charge >= 0.3 is 0 Å². The van der Waals surface area contributed by atoms with Crippen LogP contribution in [0.4, 0.5) is 0 Å². The highest BCUT2D eigenvalue weighted by atomic mass is 16.2. The third kappa shape index (κ3) is 3.31. The molecule has 0 atom stereocenters. The Labute approximate surface area is 158 Å². The van der Waals surface area contributed by atoms with Gasteiger partial charge in [-0.15, -0.1) is 0 Å². The number of aryl methyl sites for hydroxylation is 3. The minimum absolute atomic E-state index is 0.0863. The van der Waals surface area contributed by atoms with E-state index in [0.29, 0.717) is 11.6 Å². The van der Waals surface area contributed by atoms with Crippen LogP contribution in [0.15, 0.2) is 35.5 Å². The molecule has 0 unspecified atom stereocenters. The van der Waals surface area contributed by atoms with Crippen molar-refractivity contribution >= 4 is 16.9 Å². The minimum Gasteiger partial charge on any atom is -0.268 e. The van der Waals surface area contributed by atoms with E-state index in [4.69, 9.17) is 4.99 Å². The fourth-order valence-corrected chi connectivity index (χ4v) is 3.98. The summed E-state index contributed by atoms with van der Waals surface area (Å²) >= 11 is 0. The van der Waals surface area contributed by atoms with E-state index in [-0.39, 0.29) is 5.91 Å². The molecular formula is C21H25N5O. The van der Waals surface area contributed by atoms with Gasteiger partial charge in [-0.25, -0.2) is 4.98 Å². The number of carbonyl (C=O) groups is 1. The van der Waals surface area contributed by atoms with Gasteiger partial charge in [0.05, 0.1) is 22.7 Å². The lowest BCUT2D eigenvalue weighted by Crippen LogP contribution is -2.29. The van der Waals surface area contributed by atoms with Crippen LogP contribution in [-0.4, -0.2) is 31.3 Å². The molecule has 0 amide bonds. The second kappa shape index (κ2) is 7.10. The molecule has 4 rings (SSSR count). The number of pyridine rings is 2. The number of fused-ring (bicyclic) bond motifs is 1. The Kier molecular flexibility index (Phi) is 4.64. The molecule has 3 heterocycles. The SMILES string of the molecule is Cc1cc(C(=O)n2ccccc2=NC2CCCCC2)c2c(C)nn(C)c2n1. The molecule has 0 saturated heterocycles. The van der Waals surface area contributed by atoms with Crippen LogP contribution >= 0.6 is 0 Å². The number of hydrogen-bond acceptors (Lipinski definition) is 4. The second-order valence-corrected chi connectivity index (χ2v) is 7.37. The summed E-state index contributed by atoms with van der Waals surface area (Å²) in [5.41, 5.74) is 3.69. The highest BCUT2D eigenvalue weighted by Gasteiger charge is 2.19. The van der Waals surface area contributed by atoms with E-state index in [0.717, 1.165) is 40.8 Å². The fourth-order valence-electron chi connectivity index (χ4n) is 3.98. The van der Waals surface area contributed by atoms with Crippen LogP contribution < -0.4 is 5.49 Å². The van der Waals surface area contributed by atoms with Crippen molar-refractivity contribution in [3.63, 3.8) is 0 Å². The quantitative estimate of drug-likeness (QED) is 0.702. The Bertz CT molecular complexity index is 1070. The molecule has 1 fully saturated rings. The standard InChI is InChI=1S/C21H25N5O/c1-14-13-17(19-15(2)24-25(3)20(19)22-14)21(27)26-12-8-7-11-18(26)23-16-9-5-4-6-10-16/h7-8,11-13,16H,4-6,9-10H2,1-3H3. The lowest BCUT2D eigenvalue weighted by molar-refractivity contribution is 0.0956. The van der Waals surface area contributed by atoms with Gasteiger partial charge in [-0.2, -0.15) is 5.10 Å². The minimum atomic E-state index is -0.0863. The number of carbonyl (C=O) groups excluding carboxylic acids is 1. The molecule has 1 saturated carbocycles. The van der Waals surface area contributed by atoms with Crippen molar-refractivity contribution in [2.45, 2.75) is 52.0 Å². The number of nitrogens with zero attached hydrogens (tertiary/aromatic N) is 5. The molecule has 1 aliphatic rings. The van der Waals surface area contributed by atoms with Crippen LogP contribution in [0.2, 0.25) is 0 Å². The van der Waals surface area contributed by atoms with Crippen molar-refractivity contribution in [3.05, 3.63) is 52.9 Å². The molecule has 0 N–H and O–H groups in total. The van der Waals surface area contributed by atoms with Crippen LogP contribution in [0.5, 0.6) is 0 Å². The summed E-state index contributed by atoms with van der Waals surface area (Å²) in [6, 6.07) is 7.89.